The Balaban J connectivity index is 2.30. The maximum atomic E-state index is 6.09. The van der Waals surface area contributed by atoms with E-state index in [9.17, 15) is 0 Å². The van der Waals surface area contributed by atoms with E-state index >= 15 is 0 Å². The smallest absolute Gasteiger partial charge is 0.134 e. The second kappa shape index (κ2) is 5.59. The van der Waals surface area contributed by atoms with Crippen LogP contribution in [0.5, 0.6) is 0 Å². The molecule has 0 saturated carbocycles. The summed E-state index contributed by atoms with van der Waals surface area (Å²) in [7, 11) is 0. The molecule has 0 aliphatic rings. The van der Waals surface area contributed by atoms with Gasteiger partial charge in [0, 0.05) is 16.3 Å². The fraction of sp³-hybridized carbons (Fsp3) is 0.333. The van der Waals surface area contributed by atoms with Gasteiger partial charge in [-0.3, -0.25) is 0 Å². The van der Waals surface area contributed by atoms with E-state index in [-0.39, 0.29) is 5.41 Å². The Hall–Kier alpha value is -0.930. The summed E-state index contributed by atoms with van der Waals surface area (Å²) in [5, 5.41) is 0.507. The highest BCUT2D eigenvalue weighted by Gasteiger charge is 2.17. The van der Waals surface area contributed by atoms with Crippen molar-refractivity contribution >= 4 is 27.5 Å². The Morgan fingerprint density at radius 3 is 2.32 bits per heavy atom. The second-order valence-electron chi connectivity index (χ2n) is 5.55. The maximum absolute atomic E-state index is 6.09. The number of benzene rings is 1. The summed E-state index contributed by atoms with van der Waals surface area (Å²) in [6.07, 6.45) is 0.691. The number of hydrogen-bond acceptors (Lipinski definition) is 2. The molecular weight excluding hydrogens is 324 g/mol. The fourth-order valence-corrected chi connectivity index (χ4v) is 2.18. The van der Waals surface area contributed by atoms with Crippen LogP contribution >= 0.6 is 27.5 Å². The Bertz CT molecular complexity index is 574. The third-order valence-electron chi connectivity index (χ3n) is 2.79. The molecule has 1 aromatic heterocycles. The molecule has 0 radical (unpaired) electrons. The SMILES string of the molecule is CC(C)(C)c1cc(Cl)nc(Cc2ccc(Br)cc2)n1. The van der Waals surface area contributed by atoms with Crippen LogP contribution in [-0.4, -0.2) is 9.97 Å². The van der Waals surface area contributed by atoms with Crippen LogP contribution in [0.2, 0.25) is 5.15 Å². The monoisotopic (exact) mass is 338 g/mol. The standard InChI is InChI=1S/C15H16BrClN2/c1-15(2,3)12-9-13(17)19-14(18-12)8-10-4-6-11(16)7-5-10/h4-7,9H,8H2,1-3H3. The molecule has 0 fully saturated rings. The molecule has 0 spiro atoms. The lowest BCUT2D eigenvalue weighted by atomic mass is 9.92. The Morgan fingerprint density at radius 2 is 1.74 bits per heavy atom. The predicted octanol–water partition coefficient (Wildman–Crippen LogP) is 4.78. The highest BCUT2D eigenvalue weighted by atomic mass is 79.9. The molecule has 0 aliphatic carbocycles. The largest absolute Gasteiger partial charge is 0.237 e. The molecule has 19 heavy (non-hydrogen) atoms. The van der Waals surface area contributed by atoms with Crippen LogP contribution in [-0.2, 0) is 11.8 Å². The minimum absolute atomic E-state index is 0.0267. The third-order valence-corrected chi connectivity index (χ3v) is 3.51. The Kier molecular flexibility index (Phi) is 4.26. The summed E-state index contributed by atoms with van der Waals surface area (Å²) in [6.45, 7) is 6.36. The van der Waals surface area contributed by atoms with Crippen LogP contribution in [0.25, 0.3) is 0 Å². The molecule has 4 heteroatoms. The van der Waals surface area contributed by atoms with Crippen molar-refractivity contribution < 1.29 is 0 Å². The van der Waals surface area contributed by atoms with E-state index in [1.807, 2.05) is 18.2 Å². The van der Waals surface area contributed by atoms with Gasteiger partial charge < -0.3 is 0 Å². The molecule has 0 amide bonds. The normalized spacial score (nSPS) is 11.6. The van der Waals surface area contributed by atoms with Gasteiger partial charge in [0.05, 0.1) is 5.69 Å². The Labute approximate surface area is 127 Å². The Morgan fingerprint density at radius 1 is 1.11 bits per heavy atom. The molecule has 0 atom stereocenters. The van der Waals surface area contributed by atoms with Crippen LogP contribution in [0.1, 0.15) is 37.9 Å². The zero-order valence-corrected chi connectivity index (χ0v) is 13.6. The van der Waals surface area contributed by atoms with Crippen molar-refractivity contribution in [3.05, 3.63) is 57.0 Å². The predicted molar refractivity (Wildman–Crippen MR) is 82.7 cm³/mol. The van der Waals surface area contributed by atoms with Crippen molar-refractivity contribution in [1.29, 1.82) is 0 Å². The molecular formula is C15H16BrClN2. The first-order valence-corrected chi connectivity index (χ1v) is 7.30. The quantitative estimate of drug-likeness (QED) is 0.736. The molecule has 0 aliphatic heterocycles. The van der Waals surface area contributed by atoms with Crippen LogP contribution in [0.15, 0.2) is 34.8 Å². The molecule has 2 rings (SSSR count). The number of hydrogen-bond donors (Lipinski definition) is 0. The van der Waals surface area contributed by atoms with Gasteiger partial charge in [-0.15, -0.1) is 0 Å². The number of aromatic nitrogens is 2. The molecule has 2 aromatic rings. The van der Waals surface area contributed by atoms with Crippen molar-refractivity contribution in [2.45, 2.75) is 32.6 Å². The summed E-state index contributed by atoms with van der Waals surface area (Å²) in [5.41, 5.74) is 2.12. The molecule has 1 heterocycles. The van der Waals surface area contributed by atoms with Crippen molar-refractivity contribution in [1.82, 2.24) is 9.97 Å². The summed E-state index contributed by atoms with van der Waals surface area (Å²) in [5.74, 6) is 0.764. The molecule has 1 aromatic carbocycles. The van der Waals surface area contributed by atoms with Crippen molar-refractivity contribution in [2.75, 3.05) is 0 Å². The van der Waals surface area contributed by atoms with E-state index in [0.29, 0.717) is 11.6 Å². The molecule has 0 saturated heterocycles. The number of nitrogens with zero attached hydrogens (tertiary/aromatic N) is 2. The van der Waals surface area contributed by atoms with Crippen molar-refractivity contribution in [3.63, 3.8) is 0 Å². The van der Waals surface area contributed by atoms with E-state index in [0.717, 1.165) is 16.0 Å². The number of rotatable bonds is 2. The minimum atomic E-state index is -0.0267. The highest BCUT2D eigenvalue weighted by Crippen LogP contribution is 2.23. The lowest BCUT2D eigenvalue weighted by molar-refractivity contribution is 0.563. The molecule has 0 unspecified atom stereocenters. The molecule has 100 valence electrons. The van der Waals surface area contributed by atoms with Gasteiger partial charge in [-0.05, 0) is 23.8 Å². The molecule has 2 nitrogen and oxygen atoms in total. The van der Waals surface area contributed by atoms with Gasteiger partial charge in [0.2, 0.25) is 0 Å². The third kappa shape index (κ3) is 4.02. The average Bonchev–Trinajstić information content (AvgIpc) is 2.30. The zero-order valence-electron chi connectivity index (χ0n) is 11.2. The van der Waals surface area contributed by atoms with Gasteiger partial charge >= 0.3 is 0 Å². The summed E-state index contributed by atoms with van der Waals surface area (Å²) >= 11 is 9.52. The van der Waals surface area contributed by atoms with Gasteiger partial charge in [-0.2, -0.15) is 0 Å². The van der Waals surface area contributed by atoms with Crippen LogP contribution < -0.4 is 0 Å². The number of halogens is 2. The van der Waals surface area contributed by atoms with Gasteiger partial charge in [0.15, 0.2) is 0 Å². The summed E-state index contributed by atoms with van der Waals surface area (Å²) < 4.78 is 1.07. The summed E-state index contributed by atoms with van der Waals surface area (Å²) in [6, 6.07) is 10.00. The zero-order chi connectivity index (χ0) is 14.0. The van der Waals surface area contributed by atoms with Gasteiger partial charge in [0.25, 0.3) is 0 Å². The van der Waals surface area contributed by atoms with Gasteiger partial charge in [-0.1, -0.05) is 60.4 Å². The first-order valence-electron chi connectivity index (χ1n) is 6.13. The lowest BCUT2D eigenvalue weighted by Gasteiger charge is -2.18. The van der Waals surface area contributed by atoms with Crippen molar-refractivity contribution in [3.8, 4) is 0 Å². The lowest BCUT2D eigenvalue weighted by Crippen LogP contribution is -2.15. The van der Waals surface area contributed by atoms with Crippen LogP contribution in [0, 0.1) is 0 Å². The molecule has 0 N–H and O–H groups in total. The van der Waals surface area contributed by atoms with Crippen LogP contribution in [0.3, 0.4) is 0 Å². The van der Waals surface area contributed by atoms with Crippen molar-refractivity contribution in [2.24, 2.45) is 0 Å². The summed E-state index contributed by atoms with van der Waals surface area (Å²) in [4.78, 5) is 8.92. The van der Waals surface area contributed by atoms with Gasteiger partial charge in [0.1, 0.15) is 11.0 Å². The van der Waals surface area contributed by atoms with E-state index in [2.05, 4.69) is 58.8 Å². The fourth-order valence-electron chi connectivity index (χ4n) is 1.71. The topological polar surface area (TPSA) is 25.8 Å². The molecule has 0 bridgehead atoms. The minimum Gasteiger partial charge on any atom is -0.237 e. The maximum Gasteiger partial charge on any atom is 0.134 e. The van der Waals surface area contributed by atoms with E-state index in [1.165, 1.54) is 5.56 Å². The first kappa shape index (κ1) is 14.5. The van der Waals surface area contributed by atoms with Gasteiger partial charge in [-0.25, -0.2) is 9.97 Å². The first-order chi connectivity index (χ1) is 8.84. The van der Waals surface area contributed by atoms with E-state index in [4.69, 9.17) is 11.6 Å². The average molecular weight is 340 g/mol. The van der Waals surface area contributed by atoms with E-state index < -0.39 is 0 Å². The van der Waals surface area contributed by atoms with E-state index in [1.54, 1.807) is 0 Å². The highest BCUT2D eigenvalue weighted by molar-refractivity contribution is 9.10. The van der Waals surface area contributed by atoms with Crippen LogP contribution in [0.4, 0.5) is 0 Å². The second-order valence-corrected chi connectivity index (χ2v) is 6.85.